The van der Waals surface area contributed by atoms with Gasteiger partial charge in [0.2, 0.25) is 0 Å². The van der Waals surface area contributed by atoms with E-state index in [4.69, 9.17) is 12.2 Å². The molecule has 0 aromatic carbocycles. The summed E-state index contributed by atoms with van der Waals surface area (Å²) in [6.45, 7) is 5.76. The standard InChI is InChI=1S/C16H30N2S/c1-13(2)11-16(9-5-6-10-16)12-17-15(19)18-14-7-3-4-8-14/h13-14H,3-12H2,1-2H3,(H2,17,18,19). The van der Waals surface area contributed by atoms with Crippen LogP contribution in [-0.4, -0.2) is 17.7 Å². The average molecular weight is 282 g/mol. The van der Waals surface area contributed by atoms with Crippen molar-refractivity contribution in [3.05, 3.63) is 0 Å². The predicted molar refractivity (Wildman–Crippen MR) is 86.3 cm³/mol. The zero-order chi connectivity index (χ0) is 13.7. The van der Waals surface area contributed by atoms with Crippen LogP contribution in [0.1, 0.15) is 71.6 Å². The van der Waals surface area contributed by atoms with E-state index >= 15 is 0 Å². The molecule has 0 radical (unpaired) electrons. The van der Waals surface area contributed by atoms with E-state index in [1.165, 1.54) is 57.8 Å². The van der Waals surface area contributed by atoms with Crippen molar-refractivity contribution in [1.82, 2.24) is 10.6 Å². The van der Waals surface area contributed by atoms with E-state index in [9.17, 15) is 0 Å². The highest BCUT2D eigenvalue weighted by Gasteiger charge is 2.34. The van der Waals surface area contributed by atoms with Crippen molar-refractivity contribution in [2.75, 3.05) is 6.54 Å². The fourth-order valence-corrected chi connectivity index (χ4v) is 4.26. The first kappa shape index (κ1) is 15.1. The van der Waals surface area contributed by atoms with Crippen LogP contribution in [0.25, 0.3) is 0 Å². The molecule has 0 aromatic rings. The topological polar surface area (TPSA) is 24.1 Å². The van der Waals surface area contributed by atoms with E-state index in [-0.39, 0.29) is 0 Å². The van der Waals surface area contributed by atoms with Crippen molar-refractivity contribution in [1.29, 1.82) is 0 Å². The van der Waals surface area contributed by atoms with Crippen LogP contribution in [0.2, 0.25) is 0 Å². The van der Waals surface area contributed by atoms with E-state index in [1.54, 1.807) is 0 Å². The first-order valence-corrected chi connectivity index (χ1v) is 8.55. The molecule has 110 valence electrons. The molecule has 2 fully saturated rings. The minimum Gasteiger partial charge on any atom is -0.362 e. The SMILES string of the molecule is CC(C)CC1(CNC(=S)NC2CCCC2)CCCC1. The normalized spacial score (nSPS) is 22.9. The van der Waals surface area contributed by atoms with Gasteiger partial charge in [-0.25, -0.2) is 0 Å². The molecule has 2 nitrogen and oxygen atoms in total. The Morgan fingerprint density at radius 3 is 2.37 bits per heavy atom. The zero-order valence-corrected chi connectivity index (χ0v) is 13.5. The number of thiocarbonyl (C=S) groups is 1. The highest BCUT2D eigenvalue weighted by molar-refractivity contribution is 7.80. The second-order valence-electron chi connectivity index (χ2n) is 7.11. The highest BCUT2D eigenvalue weighted by atomic mass is 32.1. The van der Waals surface area contributed by atoms with Crippen LogP contribution in [0.5, 0.6) is 0 Å². The van der Waals surface area contributed by atoms with Gasteiger partial charge in [0.1, 0.15) is 0 Å². The highest BCUT2D eigenvalue weighted by Crippen LogP contribution is 2.42. The molecule has 0 atom stereocenters. The van der Waals surface area contributed by atoms with Crippen molar-refractivity contribution >= 4 is 17.3 Å². The Kier molecular flexibility index (Phi) is 5.49. The summed E-state index contributed by atoms with van der Waals surface area (Å²) < 4.78 is 0. The Morgan fingerprint density at radius 2 is 1.79 bits per heavy atom. The molecule has 0 aromatic heterocycles. The van der Waals surface area contributed by atoms with Gasteiger partial charge in [0.15, 0.2) is 5.11 Å². The van der Waals surface area contributed by atoms with E-state index in [0.717, 1.165) is 17.6 Å². The van der Waals surface area contributed by atoms with Gasteiger partial charge in [-0.15, -0.1) is 0 Å². The van der Waals surface area contributed by atoms with Gasteiger partial charge >= 0.3 is 0 Å². The Hall–Kier alpha value is -0.310. The van der Waals surface area contributed by atoms with E-state index in [2.05, 4.69) is 24.5 Å². The third-order valence-electron chi connectivity index (χ3n) is 4.82. The molecule has 0 spiro atoms. The molecule has 0 unspecified atom stereocenters. The molecule has 2 N–H and O–H groups in total. The molecule has 0 aliphatic heterocycles. The van der Waals surface area contributed by atoms with Crippen molar-refractivity contribution in [2.24, 2.45) is 11.3 Å². The molecule has 2 saturated carbocycles. The molecule has 0 heterocycles. The summed E-state index contributed by atoms with van der Waals surface area (Å²) >= 11 is 5.47. The van der Waals surface area contributed by atoms with Gasteiger partial charge < -0.3 is 10.6 Å². The second kappa shape index (κ2) is 6.92. The van der Waals surface area contributed by atoms with E-state index < -0.39 is 0 Å². The van der Waals surface area contributed by atoms with Gasteiger partial charge in [-0.2, -0.15) is 0 Å². The Labute approximate surface area is 124 Å². The van der Waals surface area contributed by atoms with Crippen LogP contribution >= 0.6 is 12.2 Å². The van der Waals surface area contributed by atoms with E-state index in [0.29, 0.717) is 11.5 Å². The maximum Gasteiger partial charge on any atom is 0.166 e. The monoisotopic (exact) mass is 282 g/mol. The van der Waals surface area contributed by atoms with Crippen molar-refractivity contribution in [3.8, 4) is 0 Å². The molecule has 0 bridgehead atoms. The molecule has 2 rings (SSSR count). The second-order valence-corrected chi connectivity index (χ2v) is 7.52. The summed E-state index contributed by atoms with van der Waals surface area (Å²) in [5.41, 5.74) is 0.510. The van der Waals surface area contributed by atoms with Gasteiger partial charge in [-0.1, -0.05) is 39.5 Å². The first-order valence-electron chi connectivity index (χ1n) is 8.14. The van der Waals surface area contributed by atoms with Crippen LogP contribution in [-0.2, 0) is 0 Å². The van der Waals surface area contributed by atoms with E-state index in [1.807, 2.05) is 0 Å². The summed E-state index contributed by atoms with van der Waals surface area (Å²) in [6.07, 6.45) is 12.2. The predicted octanol–water partition coefficient (Wildman–Crippen LogP) is 4.00. The molecule has 19 heavy (non-hydrogen) atoms. The average Bonchev–Trinajstić information content (AvgIpc) is 2.98. The van der Waals surface area contributed by atoms with Gasteiger partial charge in [0.25, 0.3) is 0 Å². The zero-order valence-electron chi connectivity index (χ0n) is 12.6. The third-order valence-corrected chi connectivity index (χ3v) is 5.08. The molecule has 2 aliphatic carbocycles. The van der Waals surface area contributed by atoms with Crippen LogP contribution in [0.4, 0.5) is 0 Å². The molecule has 2 aliphatic rings. The fourth-order valence-electron chi connectivity index (χ4n) is 4.02. The Bertz CT molecular complexity index is 289. The van der Waals surface area contributed by atoms with Crippen molar-refractivity contribution in [3.63, 3.8) is 0 Å². The summed E-state index contributed by atoms with van der Waals surface area (Å²) in [4.78, 5) is 0. The van der Waals surface area contributed by atoms with Crippen LogP contribution < -0.4 is 10.6 Å². The Balaban J connectivity index is 1.76. The maximum atomic E-state index is 5.47. The Morgan fingerprint density at radius 1 is 1.16 bits per heavy atom. The molecular formula is C16H30N2S. The maximum absolute atomic E-state index is 5.47. The van der Waals surface area contributed by atoms with Gasteiger partial charge in [-0.05, 0) is 55.7 Å². The molecule has 0 amide bonds. The summed E-state index contributed by atoms with van der Waals surface area (Å²) in [5.74, 6) is 0.788. The van der Waals surface area contributed by atoms with Crippen LogP contribution in [0, 0.1) is 11.3 Å². The van der Waals surface area contributed by atoms with Gasteiger partial charge in [-0.3, -0.25) is 0 Å². The molecule has 0 saturated heterocycles. The quantitative estimate of drug-likeness (QED) is 0.745. The number of rotatable bonds is 5. The lowest BCUT2D eigenvalue weighted by Crippen LogP contribution is -2.45. The smallest absolute Gasteiger partial charge is 0.166 e. The number of nitrogens with one attached hydrogen (secondary N) is 2. The summed E-state index contributed by atoms with van der Waals surface area (Å²) in [6, 6.07) is 0.629. The van der Waals surface area contributed by atoms with Crippen molar-refractivity contribution in [2.45, 2.75) is 77.7 Å². The van der Waals surface area contributed by atoms with Crippen LogP contribution in [0.3, 0.4) is 0 Å². The minimum absolute atomic E-state index is 0.510. The third kappa shape index (κ3) is 4.62. The summed E-state index contributed by atoms with van der Waals surface area (Å²) in [5, 5.41) is 7.90. The van der Waals surface area contributed by atoms with Gasteiger partial charge in [0.05, 0.1) is 0 Å². The minimum atomic E-state index is 0.510. The lowest BCUT2D eigenvalue weighted by atomic mass is 9.78. The van der Waals surface area contributed by atoms with Crippen molar-refractivity contribution < 1.29 is 0 Å². The summed E-state index contributed by atoms with van der Waals surface area (Å²) in [7, 11) is 0. The molecule has 3 heteroatoms. The lowest BCUT2D eigenvalue weighted by molar-refractivity contribution is 0.235. The van der Waals surface area contributed by atoms with Gasteiger partial charge in [0, 0.05) is 12.6 Å². The largest absolute Gasteiger partial charge is 0.362 e. The number of hydrogen-bond acceptors (Lipinski definition) is 1. The lowest BCUT2D eigenvalue weighted by Gasteiger charge is -2.32. The fraction of sp³-hybridized carbons (Fsp3) is 0.938. The van der Waals surface area contributed by atoms with Crippen LogP contribution in [0.15, 0.2) is 0 Å². The molecular weight excluding hydrogens is 252 g/mol. The number of hydrogen-bond donors (Lipinski definition) is 2. The first-order chi connectivity index (χ1) is 9.10.